The summed E-state index contributed by atoms with van der Waals surface area (Å²) in [5.41, 5.74) is 0. The maximum absolute atomic E-state index is 13.1. The first-order valence-corrected chi connectivity index (χ1v) is 10.0. The highest BCUT2D eigenvalue weighted by atomic mass is 32.2. The van der Waals surface area contributed by atoms with E-state index in [-0.39, 0.29) is 30.6 Å². The van der Waals surface area contributed by atoms with E-state index in [9.17, 15) is 14.4 Å². The van der Waals surface area contributed by atoms with E-state index < -0.39 is 6.04 Å². The molecule has 3 fully saturated rings. The fourth-order valence-electron chi connectivity index (χ4n) is 4.20. The molecule has 24 heavy (non-hydrogen) atoms. The van der Waals surface area contributed by atoms with Gasteiger partial charge in [0, 0.05) is 13.1 Å². The monoisotopic (exact) mass is 354 g/mol. The lowest BCUT2D eigenvalue weighted by Crippen LogP contribution is -2.74. The van der Waals surface area contributed by atoms with Gasteiger partial charge >= 0.3 is 0 Å². The van der Waals surface area contributed by atoms with Crippen molar-refractivity contribution in [3.05, 3.63) is 0 Å². The van der Waals surface area contributed by atoms with Crippen LogP contribution < -0.4 is 0 Å². The zero-order valence-electron chi connectivity index (χ0n) is 14.4. The molecule has 0 aromatic carbocycles. The Kier molecular flexibility index (Phi) is 5.34. The number of rotatable bonds is 5. The van der Waals surface area contributed by atoms with E-state index in [1.54, 1.807) is 33.7 Å². The third kappa shape index (κ3) is 3.01. The minimum atomic E-state index is -0.444. The summed E-state index contributed by atoms with van der Waals surface area (Å²) in [4.78, 5) is 40.9. The van der Waals surface area contributed by atoms with Crippen LogP contribution in [0.15, 0.2) is 0 Å². The zero-order valence-corrected chi connectivity index (χ0v) is 15.2. The molecule has 0 aromatic rings. The SMILES string of the molecule is CSCC[C@H]1C(=O)N(C2CCCC2)CC2N1C(=O)CN(C)N2C=O. The zero-order chi connectivity index (χ0) is 17.3. The number of piperazine rings is 1. The Labute approximate surface area is 147 Å². The van der Waals surface area contributed by atoms with Crippen molar-refractivity contribution < 1.29 is 14.4 Å². The Morgan fingerprint density at radius 2 is 1.96 bits per heavy atom. The molecule has 2 aliphatic heterocycles. The standard InChI is InChI=1S/C16H26N4O3S/c1-17-10-15(22)20-13(7-8-24-2)16(23)18(12-5-3-4-6-12)9-14(20)19(17)11-21/h11-14H,3-10H2,1-2H3/t13-,14?/m0/s1. The average Bonchev–Trinajstić information content (AvgIpc) is 3.08. The Hall–Kier alpha value is -1.28. The molecule has 134 valence electrons. The number of carbonyl (C=O) groups is 3. The number of amides is 3. The van der Waals surface area contributed by atoms with Gasteiger partial charge in [0.25, 0.3) is 0 Å². The van der Waals surface area contributed by atoms with Gasteiger partial charge in [-0.3, -0.25) is 19.4 Å². The van der Waals surface area contributed by atoms with Crippen LogP contribution in [0.4, 0.5) is 0 Å². The highest BCUT2D eigenvalue weighted by Crippen LogP contribution is 2.32. The minimum absolute atomic E-state index is 0.0638. The Morgan fingerprint density at radius 1 is 1.25 bits per heavy atom. The quantitative estimate of drug-likeness (QED) is 0.668. The number of hydrazine groups is 1. The summed E-state index contributed by atoms with van der Waals surface area (Å²) >= 11 is 1.68. The van der Waals surface area contributed by atoms with Crippen LogP contribution in [0.5, 0.6) is 0 Å². The van der Waals surface area contributed by atoms with Crippen molar-refractivity contribution in [2.24, 2.45) is 0 Å². The van der Waals surface area contributed by atoms with E-state index >= 15 is 0 Å². The predicted octanol–water partition coefficient (Wildman–Crippen LogP) is 0.366. The summed E-state index contributed by atoms with van der Waals surface area (Å²) < 4.78 is 0. The first-order valence-electron chi connectivity index (χ1n) is 8.63. The van der Waals surface area contributed by atoms with Crippen LogP contribution in [0.3, 0.4) is 0 Å². The van der Waals surface area contributed by atoms with Crippen molar-refractivity contribution in [1.82, 2.24) is 19.8 Å². The van der Waals surface area contributed by atoms with Crippen LogP contribution in [0, 0.1) is 0 Å². The number of nitrogens with zero attached hydrogens (tertiary/aromatic N) is 4. The topological polar surface area (TPSA) is 64.2 Å². The smallest absolute Gasteiger partial charge is 0.245 e. The van der Waals surface area contributed by atoms with Gasteiger partial charge in [0.15, 0.2) is 0 Å². The molecule has 0 radical (unpaired) electrons. The number of hydrogen-bond donors (Lipinski definition) is 0. The van der Waals surface area contributed by atoms with Crippen molar-refractivity contribution in [3.8, 4) is 0 Å². The molecule has 0 spiro atoms. The van der Waals surface area contributed by atoms with Crippen LogP contribution in [0.2, 0.25) is 0 Å². The largest absolute Gasteiger partial charge is 0.334 e. The van der Waals surface area contributed by atoms with E-state index in [0.717, 1.165) is 37.8 Å². The molecule has 8 heteroatoms. The first kappa shape index (κ1) is 17.5. The van der Waals surface area contributed by atoms with Crippen LogP contribution in [0.1, 0.15) is 32.1 Å². The van der Waals surface area contributed by atoms with E-state index in [2.05, 4.69) is 0 Å². The van der Waals surface area contributed by atoms with Crippen LogP contribution in [-0.4, -0.2) is 88.4 Å². The summed E-state index contributed by atoms with van der Waals surface area (Å²) in [5.74, 6) is 0.824. The molecule has 1 saturated carbocycles. The average molecular weight is 354 g/mol. The van der Waals surface area contributed by atoms with Gasteiger partial charge in [0.05, 0.1) is 13.1 Å². The van der Waals surface area contributed by atoms with Gasteiger partial charge in [-0.1, -0.05) is 12.8 Å². The summed E-state index contributed by atoms with van der Waals surface area (Å²) in [6.07, 6.45) is 7.39. The minimum Gasteiger partial charge on any atom is -0.334 e. The second kappa shape index (κ2) is 7.31. The fraction of sp³-hybridized carbons (Fsp3) is 0.812. The van der Waals surface area contributed by atoms with Gasteiger partial charge in [-0.05, 0) is 31.3 Å². The van der Waals surface area contributed by atoms with Crippen LogP contribution >= 0.6 is 11.8 Å². The molecule has 2 atom stereocenters. The summed E-state index contributed by atoms with van der Waals surface area (Å²) in [5, 5.41) is 3.23. The van der Waals surface area contributed by atoms with Gasteiger partial charge in [-0.2, -0.15) is 11.8 Å². The summed E-state index contributed by atoms with van der Waals surface area (Å²) in [7, 11) is 1.75. The Bertz CT molecular complexity index is 512. The van der Waals surface area contributed by atoms with E-state index in [1.807, 2.05) is 11.2 Å². The van der Waals surface area contributed by atoms with E-state index in [4.69, 9.17) is 0 Å². The molecule has 0 aromatic heterocycles. The normalized spacial score (nSPS) is 29.3. The number of carbonyl (C=O) groups excluding carboxylic acids is 3. The van der Waals surface area contributed by atoms with Gasteiger partial charge in [0.1, 0.15) is 12.2 Å². The molecule has 2 heterocycles. The number of thioether (sulfide) groups is 1. The third-order valence-corrected chi connectivity index (χ3v) is 6.05. The van der Waals surface area contributed by atoms with E-state index in [1.165, 1.54) is 0 Å². The lowest BCUT2D eigenvalue weighted by atomic mass is 10.0. The predicted molar refractivity (Wildman–Crippen MR) is 91.9 cm³/mol. The second-order valence-corrected chi connectivity index (χ2v) is 7.79. The highest BCUT2D eigenvalue weighted by molar-refractivity contribution is 7.98. The lowest BCUT2D eigenvalue weighted by Gasteiger charge is -2.54. The van der Waals surface area contributed by atoms with Gasteiger partial charge in [-0.25, -0.2) is 5.01 Å². The Balaban J connectivity index is 1.91. The first-order chi connectivity index (χ1) is 11.6. The van der Waals surface area contributed by atoms with E-state index in [0.29, 0.717) is 13.0 Å². The third-order valence-electron chi connectivity index (χ3n) is 5.41. The fourth-order valence-corrected chi connectivity index (χ4v) is 4.66. The highest BCUT2D eigenvalue weighted by Gasteiger charge is 2.50. The molecular weight excluding hydrogens is 328 g/mol. The van der Waals surface area contributed by atoms with Crippen molar-refractivity contribution in [1.29, 1.82) is 0 Å². The molecule has 1 unspecified atom stereocenters. The molecule has 3 rings (SSSR count). The summed E-state index contributed by atoms with van der Waals surface area (Å²) in [6.45, 7) is 0.565. The molecule has 0 N–H and O–H groups in total. The molecule has 2 saturated heterocycles. The maximum atomic E-state index is 13.1. The molecule has 3 amide bonds. The second-order valence-electron chi connectivity index (χ2n) is 6.81. The van der Waals surface area contributed by atoms with Crippen LogP contribution in [-0.2, 0) is 14.4 Å². The van der Waals surface area contributed by atoms with Crippen molar-refractivity contribution in [2.45, 2.75) is 50.4 Å². The number of fused-ring (bicyclic) bond motifs is 1. The van der Waals surface area contributed by atoms with Crippen molar-refractivity contribution in [3.63, 3.8) is 0 Å². The molecule has 1 aliphatic carbocycles. The lowest BCUT2D eigenvalue weighted by molar-refractivity contribution is -0.198. The maximum Gasteiger partial charge on any atom is 0.245 e. The molecule has 3 aliphatic rings. The van der Waals surface area contributed by atoms with Crippen molar-refractivity contribution >= 4 is 30.0 Å². The van der Waals surface area contributed by atoms with Crippen LogP contribution in [0.25, 0.3) is 0 Å². The number of hydrogen-bond acceptors (Lipinski definition) is 5. The van der Waals surface area contributed by atoms with Crippen molar-refractivity contribution in [2.75, 3.05) is 32.1 Å². The summed E-state index contributed by atoms with van der Waals surface area (Å²) in [6, 6.07) is -0.187. The number of likely N-dealkylation sites (N-methyl/N-ethyl adjacent to an activating group) is 1. The van der Waals surface area contributed by atoms with Gasteiger partial charge < -0.3 is 9.80 Å². The molecule has 7 nitrogen and oxygen atoms in total. The Morgan fingerprint density at radius 3 is 2.58 bits per heavy atom. The molecular formula is C16H26N4O3S. The van der Waals surface area contributed by atoms with Gasteiger partial charge in [-0.15, -0.1) is 0 Å². The van der Waals surface area contributed by atoms with Gasteiger partial charge in [0.2, 0.25) is 18.2 Å². The molecule has 0 bridgehead atoms.